The molecule has 3 aromatic carbocycles. The molecule has 0 N–H and O–H groups in total. The molecule has 0 radical (unpaired) electrons. The van der Waals surface area contributed by atoms with Crippen molar-refractivity contribution in [3.63, 3.8) is 0 Å². The van der Waals surface area contributed by atoms with Crippen LogP contribution < -0.4 is 4.74 Å². The number of likely N-dealkylation sites (tertiary alicyclic amines) is 1. The van der Waals surface area contributed by atoms with Crippen molar-refractivity contribution in [3.8, 4) is 5.75 Å². The van der Waals surface area contributed by atoms with Gasteiger partial charge in [-0.2, -0.15) is 0 Å². The van der Waals surface area contributed by atoms with Crippen LogP contribution in [0.2, 0.25) is 0 Å². The van der Waals surface area contributed by atoms with Crippen LogP contribution >= 0.6 is 15.9 Å². The monoisotopic (exact) mass is 549 g/mol. The lowest BCUT2D eigenvalue weighted by atomic mass is 10.1. The first-order valence-corrected chi connectivity index (χ1v) is 12.2. The second-order valence-corrected chi connectivity index (χ2v) is 9.40. The summed E-state index contributed by atoms with van der Waals surface area (Å²) in [4.78, 5) is 51.4. The molecule has 0 unspecified atom stereocenters. The Bertz CT molecular complexity index is 1260. The van der Waals surface area contributed by atoms with Crippen LogP contribution in [0.4, 0.5) is 0 Å². The summed E-state index contributed by atoms with van der Waals surface area (Å²) in [6, 6.07) is 22.2. The Morgan fingerprint density at radius 1 is 0.944 bits per heavy atom. The van der Waals surface area contributed by atoms with Gasteiger partial charge in [-0.3, -0.25) is 14.4 Å². The Balaban J connectivity index is 1.28. The average Bonchev–Trinajstić information content (AvgIpc) is 3.29. The molecular weight excluding hydrogens is 526 g/mol. The number of benzene rings is 3. The van der Waals surface area contributed by atoms with Crippen molar-refractivity contribution in [1.29, 1.82) is 0 Å². The highest BCUT2D eigenvalue weighted by Crippen LogP contribution is 2.29. The number of hydrogen-bond acceptors (Lipinski definition) is 6. The standard InChI is InChI=1S/C28H24BrNO6/c1-18(19-5-3-2-4-6-19)30-16-22(15-26(30)32)27(33)35-17-25(31)20-9-13-24(14-10-20)36-28(34)21-7-11-23(29)12-8-21/h2-14,18,22H,15-17H2,1H3/t18-,22+/m1/s1. The van der Waals surface area contributed by atoms with Crippen molar-refractivity contribution in [2.75, 3.05) is 13.2 Å². The van der Waals surface area contributed by atoms with E-state index in [1.807, 2.05) is 37.3 Å². The number of esters is 2. The molecule has 0 aromatic heterocycles. The molecule has 4 rings (SSSR count). The quantitative estimate of drug-likeness (QED) is 0.223. The van der Waals surface area contributed by atoms with Gasteiger partial charge < -0.3 is 14.4 Å². The van der Waals surface area contributed by atoms with Gasteiger partial charge in [-0.15, -0.1) is 0 Å². The zero-order chi connectivity index (χ0) is 25.7. The van der Waals surface area contributed by atoms with E-state index < -0.39 is 30.2 Å². The van der Waals surface area contributed by atoms with Crippen molar-refractivity contribution in [1.82, 2.24) is 4.90 Å². The Hall–Kier alpha value is -3.78. The van der Waals surface area contributed by atoms with Gasteiger partial charge in [0.05, 0.1) is 17.5 Å². The fourth-order valence-corrected chi connectivity index (χ4v) is 4.24. The number of nitrogens with zero attached hydrogens (tertiary/aromatic N) is 1. The van der Waals surface area contributed by atoms with E-state index in [0.29, 0.717) is 11.1 Å². The number of rotatable bonds is 8. The Morgan fingerprint density at radius 2 is 1.58 bits per heavy atom. The summed E-state index contributed by atoms with van der Waals surface area (Å²) < 4.78 is 11.4. The van der Waals surface area contributed by atoms with E-state index in [9.17, 15) is 19.2 Å². The number of carbonyl (C=O) groups excluding carboxylic acids is 4. The maximum absolute atomic E-state index is 12.5. The van der Waals surface area contributed by atoms with Gasteiger partial charge in [0.2, 0.25) is 5.91 Å². The number of halogens is 1. The molecule has 3 aromatic rings. The van der Waals surface area contributed by atoms with Gasteiger partial charge in [-0.1, -0.05) is 46.3 Å². The third kappa shape index (κ3) is 6.07. The molecule has 1 fully saturated rings. The summed E-state index contributed by atoms with van der Waals surface area (Å²) in [5, 5.41) is 0. The molecule has 0 spiro atoms. The fraction of sp³-hybridized carbons (Fsp3) is 0.214. The van der Waals surface area contributed by atoms with Gasteiger partial charge in [0, 0.05) is 23.0 Å². The predicted molar refractivity (Wildman–Crippen MR) is 136 cm³/mol. The number of hydrogen-bond donors (Lipinski definition) is 0. The van der Waals surface area contributed by atoms with Crippen molar-refractivity contribution >= 4 is 39.6 Å². The van der Waals surface area contributed by atoms with Crippen LogP contribution in [0.15, 0.2) is 83.3 Å². The summed E-state index contributed by atoms with van der Waals surface area (Å²) in [5.74, 6) is -1.93. The minimum atomic E-state index is -0.614. The molecular formula is C28H24BrNO6. The van der Waals surface area contributed by atoms with E-state index in [0.717, 1.165) is 10.0 Å². The number of ketones is 1. The van der Waals surface area contributed by atoms with E-state index >= 15 is 0 Å². The van der Waals surface area contributed by atoms with Crippen molar-refractivity contribution in [3.05, 3.63) is 100 Å². The highest BCUT2D eigenvalue weighted by molar-refractivity contribution is 9.10. The molecule has 7 nitrogen and oxygen atoms in total. The van der Waals surface area contributed by atoms with Crippen molar-refractivity contribution in [2.24, 2.45) is 5.92 Å². The molecule has 0 saturated carbocycles. The van der Waals surface area contributed by atoms with E-state index in [1.54, 1.807) is 29.2 Å². The number of carbonyl (C=O) groups is 4. The normalized spacial score (nSPS) is 15.9. The molecule has 36 heavy (non-hydrogen) atoms. The summed E-state index contributed by atoms with van der Waals surface area (Å²) in [7, 11) is 0. The number of Topliss-reactive ketones (excluding diaryl/α,β-unsaturated/α-hetero) is 1. The summed E-state index contributed by atoms with van der Waals surface area (Å²) in [6.07, 6.45) is 0.0582. The largest absolute Gasteiger partial charge is 0.457 e. The van der Waals surface area contributed by atoms with Gasteiger partial charge in [-0.25, -0.2) is 4.79 Å². The summed E-state index contributed by atoms with van der Waals surface area (Å²) in [6.45, 7) is 1.74. The highest BCUT2D eigenvalue weighted by atomic mass is 79.9. The number of amides is 1. The van der Waals surface area contributed by atoms with Gasteiger partial charge >= 0.3 is 11.9 Å². The van der Waals surface area contributed by atoms with Crippen LogP contribution in [0.25, 0.3) is 0 Å². The third-order valence-electron chi connectivity index (χ3n) is 6.05. The maximum atomic E-state index is 12.5. The SMILES string of the molecule is C[C@H](c1ccccc1)N1C[C@@H](C(=O)OCC(=O)c2ccc(OC(=O)c3ccc(Br)cc3)cc2)CC1=O. The second kappa shape index (κ2) is 11.3. The fourth-order valence-electron chi connectivity index (χ4n) is 3.97. The van der Waals surface area contributed by atoms with E-state index in [-0.39, 0.29) is 30.7 Å². The van der Waals surface area contributed by atoms with Crippen LogP contribution in [-0.2, 0) is 14.3 Å². The molecule has 1 aliphatic heterocycles. The van der Waals surface area contributed by atoms with E-state index in [4.69, 9.17) is 9.47 Å². The van der Waals surface area contributed by atoms with Gasteiger partial charge in [0.25, 0.3) is 0 Å². The first-order valence-electron chi connectivity index (χ1n) is 11.4. The van der Waals surface area contributed by atoms with E-state index in [2.05, 4.69) is 15.9 Å². The van der Waals surface area contributed by atoms with Crippen LogP contribution in [0, 0.1) is 5.92 Å². The zero-order valence-corrected chi connectivity index (χ0v) is 21.1. The van der Waals surface area contributed by atoms with Crippen molar-refractivity contribution < 1.29 is 28.7 Å². The third-order valence-corrected chi connectivity index (χ3v) is 6.58. The lowest BCUT2D eigenvalue weighted by molar-refractivity contribution is -0.147. The lowest BCUT2D eigenvalue weighted by Gasteiger charge is -2.25. The summed E-state index contributed by atoms with van der Waals surface area (Å²) in [5.41, 5.74) is 1.70. The number of ether oxygens (including phenoxy) is 2. The van der Waals surface area contributed by atoms with Crippen LogP contribution in [0.1, 0.15) is 45.7 Å². The first-order chi connectivity index (χ1) is 17.3. The van der Waals surface area contributed by atoms with Crippen molar-refractivity contribution in [2.45, 2.75) is 19.4 Å². The van der Waals surface area contributed by atoms with Crippen LogP contribution in [0.5, 0.6) is 5.75 Å². The van der Waals surface area contributed by atoms with E-state index in [1.165, 1.54) is 24.3 Å². The first kappa shape index (κ1) is 25.3. The maximum Gasteiger partial charge on any atom is 0.343 e. The molecule has 1 aliphatic rings. The van der Waals surface area contributed by atoms with Gasteiger partial charge in [0.1, 0.15) is 5.75 Å². The highest BCUT2D eigenvalue weighted by Gasteiger charge is 2.38. The molecule has 8 heteroatoms. The second-order valence-electron chi connectivity index (χ2n) is 8.49. The Morgan fingerprint density at radius 3 is 2.25 bits per heavy atom. The smallest absolute Gasteiger partial charge is 0.343 e. The molecule has 0 bridgehead atoms. The molecule has 184 valence electrons. The van der Waals surface area contributed by atoms with Gasteiger partial charge in [0.15, 0.2) is 12.4 Å². The summed E-state index contributed by atoms with van der Waals surface area (Å²) >= 11 is 3.31. The predicted octanol–water partition coefficient (Wildman–Crippen LogP) is 5.00. The molecule has 1 heterocycles. The Kier molecular flexibility index (Phi) is 7.95. The lowest BCUT2D eigenvalue weighted by Crippen LogP contribution is -2.30. The molecule has 0 aliphatic carbocycles. The topological polar surface area (TPSA) is 90.0 Å². The minimum absolute atomic E-state index is 0.0582. The average molecular weight is 550 g/mol. The molecule has 1 saturated heterocycles. The van der Waals surface area contributed by atoms with Gasteiger partial charge in [-0.05, 0) is 61.0 Å². The minimum Gasteiger partial charge on any atom is -0.457 e. The zero-order valence-electron chi connectivity index (χ0n) is 19.6. The Labute approximate surface area is 217 Å². The van der Waals surface area contributed by atoms with Crippen LogP contribution in [0.3, 0.4) is 0 Å². The molecule has 1 amide bonds. The molecule has 2 atom stereocenters. The van der Waals surface area contributed by atoms with Crippen LogP contribution in [-0.4, -0.2) is 41.7 Å².